The van der Waals surface area contributed by atoms with Gasteiger partial charge >= 0.3 is 0 Å². The molecule has 1 N–H and O–H groups in total. The van der Waals surface area contributed by atoms with Crippen molar-refractivity contribution in [1.82, 2.24) is 9.97 Å². The Bertz CT molecular complexity index is 1180. The van der Waals surface area contributed by atoms with Crippen molar-refractivity contribution >= 4 is 24.0 Å². The van der Waals surface area contributed by atoms with Crippen LogP contribution >= 0.6 is 24.0 Å². The van der Waals surface area contributed by atoms with Crippen LogP contribution in [0.15, 0.2) is 0 Å². The van der Waals surface area contributed by atoms with Gasteiger partial charge in [0.1, 0.15) is 16.7 Å². The van der Waals surface area contributed by atoms with E-state index in [0.29, 0.717) is 13.2 Å². The lowest BCUT2D eigenvalue weighted by Crippen LogP contribution is -2.43. The minimum absolute atomic E-state index is 0.0171. The zero-order valence-electron chi connectivity index (χ0n) is 27.8. The van der Waals surface area contributed by atoms with Gasteiger partial charge in [-0.1, -0.05) is 82.1 Å². The number of thiol groups is 1. The van der Waals surface area contributed by atoms with Gasteiger partial charge in [0.05, 0.1) is 18.4 Å². The summed E-state index contributed by atoms with van der Waals surface area (Å²) in [4.78, 5) is 11.7. The van der Waals surface area contributed by atoms with E-state index in [1.165, 1.54) is 28.8 Å². The summed E-state index contributed by atoms with van der Waals surface area (Å²) in [6.07, 6.45) is 5.95. The summed E-state index contributed by atoms with van der Waals surface area (Å²) >= 11 is 5.30. The van der Waals surface area contributed by atoms with E-state index in [2.05, 4.69) is 88.8 Å². The minimum atomic E-state index is -0.534. The average Bonchev–Trinajstić information content (AvgIpc) is 3.45. The number of thiazole rings is 1. The number of hydrogen-bond acceptors (Lipinski definition) is 7. The molecule has 0 amide bonds. The molecule has 0 bridgehead atoms. The van der Waals surface area contributed by atoms with Crippen molar-refractivity contribution in [2.75, 3.05) is 19.5 Å². The number of aromatic nitrogens is 2. The predicted molar refractivity (Wildman–Crippen MR) is 176 cm³/mol. The molecule has 41 heavy (non-hydrogen) atoms. The number of aryl methyl sites for hydroxylation is 1. The molecule has 5 rings (SSSR count). The first-order valence-corrected chi connectivity index (χ1v) is 17.3. The van der Waals surface area contributed by atoms with Crippen LogP contribution < -0.4 is 0 Å². The average molecular weight is 605 g/mol. The molecule has 2 aromatic rings. The van der Waals surface area contributed by atoms with Gasteiger partial charge in [0.15, 0.2) is 0 Å². The number of rotatable bonds is 3. The van der Waals surface area contributed by atoms with E-state index >= 15 is 0 Å². The van der Waals surface area contributed by atoms with E-state index in [1.807, 2.05) is 0 Å². The summed E-state index contributed by atoms with van der Waals surface area (Å²) in [7, 11) is 0. The third-order valence-corrected chi connectivity index (χ3v) is 10.3. The van der Waals surface area contributed by atoms with Gasteiger partial charge in [-0.2, -0.15) is 12.6 Å². The van der Waals surface area contributed by atoms with Gasteiger partial charge in [-0.05, 0) is 48.3 Å². The molecule has 1 aliphatic carbocycles. The fraction of sp³-hybridized carbons (Fsp3) is 0.765. The smallest absolute Gasteiger partial charge is 0.137 e. The largest absolute Gasteiger partial charge is 0.388 e. The van der Waals surface area contributed by atoms with Gasteiger partial charge < -0.3 is 14.6 Å². The van der Waals surface area contributed by atoms with E-state index in [4.69, 9.17) is 19.4 Å². The molecule has 3 aliphatic rings. The number of aliphatic hydroxyl groups excluding tert-OH is 1. The highest BCUT2D eigenvalue weighted by Crippen LogP contribution is 2.59. The Morgan fingerprint density at radius 3 is 2.24 bits per heavy atom. The Balaban J connectivity index is 0.000000710. The summed E-state index contributed by atoms with van der Waals surface area (Å²) in [5.41, 5.74) is 6.22. The maximum Gasteiger partial charge on any atom is 0.137 e. The van der Waals surface area contributed by atoms with Crippen LogP contribution in [0.2, 0.25) is 0 Å². The second-order valence-corrected chi connectivity index (χ2v) is 15.2. The van der Waals surface area contributed by atoms with Crippen molar-refractivity contribution in [3.8, 4) is 0 Å². The van der Waals surface area contributed by atoms with Gasteiger partial charge in [-0.15, -0.1) is 11.3 Å². The highest BCUT2D eigenvalue weighted by atomic mass is 32.1. The molecule has 2 aliphatic heterocycles. The number of ether oxygens (including phenoxy) is 2. The van der Waals surface area contributed by atoms with Gasteiger partial charge in [0.25, 0.3) is 0 Å². The van der Waals surface area contributed by atoms with Crippen LogP contribution in [0.4, 0.5) is 0 Å². The number of hydrogen-bond donors (Lipinski definition) is 2. The molecule has 232 valence electrons. The van der Waals surface area contributed by atoms with Crippen molar-refractivity contribution in [2.24, 2.45) is 11.3 Å². The van der Waals surface area contributed by atoms with Crippen LogP contribution in [0.1, 0.15) is 157 Å². The normalized spacial score (nSPS) is 26.6. The zero-order chi connectivity index (χ0) is 30.9. The maximum atomic E-state index is 11.6. The second-order valence-electron chi connectivity index (χ2n) is 14.2. The summed E-state index contributed by atoms with van der Waals surface area (Å²) in [5.74, 6) is 0.424. The summed E-state index contributed by atoms with van der Waals surface area (Å²) < 4.78 is 13.1. The molecule has 4 atom stereocenters. The van der Waals surface area contributed by atoms with E-state index in [1.54, 1.807) is 17.6 Å². The summed E-state index contributed by atoms with van der Waals surface area (Å²) in [5, 5.41) is 12.6. The molecule has 0 aromatic carbocycles. The Morgan fingerprint density at radius 2 is 1.73 bits per heavy atom. The Morgan fingerprint density at radius 1 is 1.10 bits per heavy atom. The number of nitrogens with zero attached hydrogens (tertiary/aromatic N) is 2. The SMILES string of the molecule is CCCC.CS.Cc1nc(C2OC3(CCOCC3C)c3c4c(nc(C(C)C)c32)CC(C)(C)CC4O)sc1C(C)(C)C. The molecular weight excluding hydrogens is 549 g/mol. The molecule has 4 heterocycles. The van der Waals surface area contributed by atoms with Crippen molar-refractivity contribution in [3.63, 3.8) is 0 Å². The lowest BCUT2D eigenvalue weighted by Gasteiger charge is -2.43. The highest BCUT2D eigenvalue weighted by Gasteiger charge is 2.55. The third kappa shape index (κ3) is 6.74. The standard InChI is InChI=1S/C29H42N2O3S.C4H10.CH4S/c1-15(2)23-21-22(20-18(31-23)12-28(8,9)13-19(20)32)29(10-11-33-14-16(29)3)34-24(21)26-30-17(4)25(35-26)27(5,6)7;1-3-4-2;1-2/h15-16,19,24,32H,10-14H2,1-9H3;3-4H2,1-2H3;2H,1H3. The van der Waals surface area contributed by atoms with Crippen molar-refractivity contribution in [2.45, 2.75) is 137 Å². The topological polar surface area (TPSA) is 64.5 Å². The zero-order valence-corrected chi connectivity index (χ0v) is 29.5. The molecule has 5 nitrogen and oxygen atoms in total. The first kappa shape index (κ1) is 34.5. The molecule has 2 aromatic heterocycles. The molecule has 4 unspecified atom stereocenters. The van der Waals surface area contributed by atoms with Gasteiger partial charge in [-0.25, -0.2) is 4.98 Å². The van der Waals surface area contributed by atoms with Crippen molar-refractivity contribution < 1.29 is 14.6 Å². The van der Waals surface area contributed by atoms with E-state index in [9.17, 15) is 5.11 Å². The molecule has 1 saturated heterocycles. The third-order valence-electron chi connectivity index (χ3n) is 8.67. The van der Waals surface area contributed by atoms with E-state index in [0.717, 1.165) is 46.9 Å². The Hall–Kier alpha value is -0.990. The fourth-order valence-electron chi connectivity index (χ4n) is 6.63. The van der Waals surface area contributed by atoms with E-state index in [-0.39, 0.29) is 28.8 Å². The Kier molecular flexibility index (Phi) is 11.2. The number of aliphatic hydroxyl groups is 1. The maximum absolute atomic E-state index is 11.6. The van der Waals surface area contributed by atoms with Crippen LogP contribution in [-0.4, -0.2) is 34.5 Å². The first-order chi connectivity index (χ1) is 19.2. The molecule has 0 radical (unpaired) electrons. The fourth-order valence-corrected chi connectivity index (χ4v) is 7.79. The van der Waals surface area contributed by atoms with Gasteiger partial charge in [0, 0.05) is 46.3 Å². The Labute approximate surface area is 259 Å². The summed E-state index contributed by atoms with van der Waals surface area (Å²) in [6.45, 7) is 25.7. The van der Waals surface area contributed by atoms with Crippen LogP contribution in [0.5, 0.6) is 0 Å². The first-order valence-electron chi connectivity index (χ1n) is 15.6. The van der Waals surface area contributed by atoms with Gasteiger partial charge in [0.2, 0.25) is 0 Å². The monoisotopic (exact) mass is 604 g/mol. The highest BCUT2D eigenvalue weighted by molar-refractivity contribution is 7.79. The second kappa shape index (κ2) is 13.3. The quantitative estimate of drug-likeness (QED) is 0.342. The number of fused-ring (bicyclic) bond motifs is 4. The van der Waals surface area contributed by atoms with E-state index < -0.39 is 11.7 Å². The molecule has 0 saturated carbocycles. The lowest BCUT2D eigenvalue weighted by molar-refractivity contribution is -0.157. The minimum Gasteiger partial charge on any atom is -0.388 e. The predicted octanol–water partition coefficient (Wildman–Crippen LogP) is 9.00. The van der Waals surface area contributed by atoms with Gasteiger partial charge in [-0.3, -0.25) is 4.98 Å². The van der Waals surface area contributed by atoms with Crippen LogP contribution in [0.3, 0.4) is 0 Å². The number of pyridine rings is 1. The van der Waals surface area contributed by atoms with Crippen LogP contribution in [0.25, 0.3) is 0 Å². The lowest BCUT2D eigenvalue weighted by atomic mass is 9.68. The molecule has 1 fully saturated rings. The molecule has 1 spiro atoms. The molecular formula is C34H56N2O3S2. The number of unbranched alkanes of at least 4 members (excludes halogenated alkanes) is 1. The summed E-state index contributed by atoms with van der Waals surface area (Å²) in [6, 6.07) is 0. The molecule has 7 heteroatoms. The van der Waals surface area contributed by atoms with Crippen molar-refractivity contribution in [3.05, 3.63) is 43.7 Å². The van der Waals surface area contributed by atoms with Crippen LogP contribution in [-0.2, 0) is 26.9 Å². The van der Waals surface area contributed by atoms with Crippen LogP contribution in [0, 0.1) is 18.3 Å². The van der Waals surface area contributed by atoms with Crippen molar-refractivity contribution in [1.29, 1.82) is 0 Å².